The van der Waals surface area contributed by atoms with Crippen molar-refractivity contribution >= 4 is 5.69 Å². The summed E-state index contributed by atoms with van der Waals surface area (Å²) in [5.41, 5.74) is 1.57. The molecule has 3 nitrogen and oxygen atoms in total. The molecule has 2 rings (SSSR count). The number of nitriles is 1. The Morgan fingerprint density at radius 3 is 2.74 bits per heavy atom. The van der Waals surface area contributed by atoms with Gasteiger partial charge in [0.15, 0.2) is 0 Å². The molecule has 19 heavy (non-hydrogen) atoms. The Balaban J connectivity index is 2.20. The number of hydrogen-bond acceptors (Lipinski definition) is 3. The summed E-state index contributed by atoms with van der Waals surface area (Å²) in [5, 5.41) is 21.4. The molecule has 4 heteroatoms. The third kappa shape index (κ3) is 3.02. The van der Waals surface area contributed by atoms with Crippen LogP contribution in [0.3, 0.4) is 0 Å². The average Bonchev–Trinajstić information content (AvgIpc) is 2.41. The van der Waals surface area contributed by atoms with Gasteiger partial charge in [-0.2, -0.15) is 5.26 Å². The van der Waals surface area contributed by atoms with E-state index in [2.05, 4.69) is 5.32 Å². The average molecular weight is 256 g/mol. The lowest BCUT2D eigenvalue weighted by atomic mass is 10.1. The molecule has 0 bridgehead atoms. The van der Waals surface area contributed by atoms with Crippen molar-refractivity contribution in [1.82, 2.24) is 0 Å². The van der Waals surface area contributed by atoms with E-state index >= 15 is 0 Å². The second kappa shape index (κ2) is 5.40. The van der Waals surface area contributed by atoms with Crippen LogP contribution >= 0.6 is 0 Å². The van der Waals surface area contributed by atoms with E-state index in [-0.39, 0.29) is 17.4 Å². The van der Waals surface area contributed by atoms with Crippen molar-refractivity contribution in [3.8, 4) is 11.8 Å². The number of hydrogen-bond donors (Lipinski definition) is 2. The van der Waals surface area contributed by atoms with E-state index in [0.717, 1.165) is 5.56 Å². The number of benzene rings is 2. The number of phenols is 1. The summed E-state index contributed by atoms with van der Waals surface area (Å²) >= 11 is 0. The van der Waals surface area contributed by atoms with Crippen molar-refractivity contribution in [3.63, 3.8) is 0 Å². The molecule has 0 aromatic heterocycles. The highest BCUT2D eigenvalue weighted by atomic mass is 19.1. The van der Waals surface area contributed by atoms with E-state index in [4.69, 9.17) is 5.26 Å². The lowest BCUT2D eigenvalue weighted by Gasteiger charge is -2.16. The normalized spacial score (nSPS) is 11.6. The first-order valence-electron chi connectivity index (χ1n) is 5.85. The Bertz CT molecular complexity index is 634. The van der Waals surface area contributed by atoms with Crippen LogP contribution in [0.25, 0.3) is 0 Å². The zero-order valence-electron chi connectivity index (χ0n) is 10.4. The number of nitrogens with one attached hydrogen (secondary N) is 1. The van der Waals surface area contributed by atoms with Gasteiger partial charge in [0.05, 0.1) is 5.56 Å². The van der Waals surface area contributed by atoms with Crippen molar-refractivity contribution < 1.29 is 9.50 Å². The maximum Gasteiger partial charge on any atom is 0.141 e. The topological polar surface area (TPSA) is 56.0 Å². The second-order valence-electron chi connectivity index (χ2n) is 4.27. The molecule has 2 N–H and O–H groups in total. The van der Waals surface area contributed by atoms with E-state index in [1.54, 1.807) is 30.3 Å². The molecule has 0 saturated carbocycles. The van der Waals surface area contributed by atoms with Gasteiger partial charge in [0.1, 0.15) is 17.6 Å². The first-order chi connectivity index (χ1) is 9.10. The van der Waals surface area contributed by atoms with E-state index < -0.39 is 5.82 Å². The van der Waals surface area contributed by atoms with Crippen molar-refractivity contribution in [3.05, 3.63) is 59.4 Å². The summed E-state index contributed by atoms with van der Waals surface area (Å²) in [6.07, 6.45) is 0. The van der Waals surface area contributed by atoms with Crippen molar-refractivity contribution in [2.45, 2.75) is 13.0 Å². The molecule has 0 saturated heterocycles. The maximum absolute atomic E-state index is 13.2. The van der Waals surface area contributed by atoms with Gasteiger partial charge in [-0.1, -0.05) is 12.1 Å². The van der Waals surface area contributed by atoms with Crippen LogP contribution in [-0.2, 0) is 0 Å². The number of anilines is 1. The van der Waals surface area contributed by atoms with Crippen molar-refractivity contribution in [2.24, 2.45) is 0 Å². The summed E-state index contributed by atoms with van der Waals surface area (Å²) < 4.78 is 13.2. The molecule has 96 valence electrons. The van der Waals surface area contributed by atoms with Gasteiger partial charge >= 0.3 is 0 Å². The van der Waals surface area contributed by atoms with Gasteiger partial charge in [0.25, 0.3) is 0 Å². The molecule has 2 aromatic rings. The van der Waals surface area contributed by atoms with Gasteiger partial charge in [0, 0.05) is 11.7 Å². The molecule has 0 amide bonds. The van der Waals surface area contributed by atoms with Crippen LogP contribution < -0.4 is 5.32 Å². The lowest BCUT2D eigenvalue weighted by Crippen LogP contribution is -2.06. The Labute approximate surface area is 110 Å². The quantitative estimate of drug-likeness (QED) is 0.882. The molecule has 1 unspecified atom stereocenters. The SMILES string of the molecule is CC(Nc1ccc(F)c(C#N)c1)c1cccc(O)c1. The number of nitrogens with zero attached hydrogens (tertiary/aromatic N) is 1. The van der Waals surface area contributed by atoms with E-state index in [1.807, 2.05) is 13.0 Å². The van der Waals surface area contributed by atoms with Gasteiger partial charge in [-0.05, 0) is 42.8 Å². The largest absolute Gasteiger partial charge is 0.508 e. The molecule has 0 spiro atoms. The minimum Gasteiger partial charge on any atom is -0.508 e. The minimum atomic E-state index is -0.530. The maximum atomic E-state index is 13.2. The van der Waals surface area contributed by atoms with Crippen LogP contribution in [-0.4, -0.2) is 5.11 Å². The molecule has 0 aliphatic rings. The van der Waals surface area contributed by atoms with Crippen LogP contribution in [0, 0.1) is 17.1 Å². The molecule has 0 aliphatic heterocycles. The predicted molar refractivity (Wildman–Crippen MR) is 71.3 cm³/mol. The van der Waals surface area contributed by atoms with Crippen LogP contribution in [0.15, 0.2) is 42.5 Å². The summed E-state index contributed by atoms with van der Waals surface area (Å²) in [7, 11) is 0. The summed E-state index contributed by atoms with van der Waals surface area (Å²) in [6.45, 7) is 1.92. The van der Waals surface area contributed by atoms with Crippen LogP contribution in [0.2, 0.25) is 0 Å². The van der Waals surface area contributed by atoms with Gasteiger partial charge in [0.2, 0.25) is 0 Å². The van der Waals surface area contributed by atoms with Gasteiger partial charge < -0.3 is 10.4 Å². The fourth-order valence-electron chi connectivity index (χ4n) is 1.83. The van der Waals surface area contributed by atoms with Gasteiger partial charge in [-0.3, -0.25) is 0 Å². The molecular weight excluding hydrogens is 243 g/mol. The molecule has 0 heterocycles. The smallest absolute Gasteiger partial charge is 0.141 e. The standard InChI is InChI=1S/C15H13FN2O/c1-10(11-3-2-4-14(19)8-11)18-13-5-6-15(16)12(7-13)9-17/h2-8,10,18-19H,1H3. The molecule has 0 radical (unpaired) electrons. The summed E-state index contributed by atoms with van der Waals surface area (Å²) in [5.74, 6) is -0.332. The van der Waals surface area contributed by atoms with Crippen molar-refractivity contribution in [1.29, 1.82) is 5.26 Å². The number of aromatic hydroxyl groups is 1. The van der Waals surface area contributed by atoms with E-state index in [9.17, 15) is 9.50 Å². The summed E-state index contributed by atoms with van der Waals surface area (Å²) in [6, 6.07) is 12.9. The molecule has 1 atom stereocenters. The zero-order chi connectivity index (χ0) is 13.8. The Morgan fingerprint density at radius 2 is 2.05 bits per heavy atom. The highest BCUT2D eigenvalue weighted by molar-refractivity contribution is 5.51. The first kappa shape index (κ1) is 12.9. The van der Waals surface area contributed by atoms with Crippen LogP contribution in [0.4, 0.5) is 10.1 Å². The van der Waals surface area contributed by atoms with Crippen LogP contribution in [0.5, 0.6) is 5.75 Å². The number of rotatable bonds is 3. The number of halogens is 1. The van der Waals surface area contributed by atoms with E-state index in [0.29, 0.717) is 5.69 Å². The zero-order valence-corrected chi connectivity index (χ0v) is 10.4. The first-order valence-corrected chi connectivity index (χ1v) is 5.85. The lowest BCUT2D eigenvalue weighted by molar-refractivity contribution is 0.474. The summed E-state index contributed by atoms with van der Waals surface area (Å²) in [4.78, 5) is 0. The minimum absolute atomic E-state index is 0.00751. The molecule has 0 fully saturated rings. The van der Waals surface area contributed by atoms with Gasteiger partial charge in [-0.25, -0.2) is 4.39 Å². The third-order valence-electron chi connectivity index (χ3n) is 2.84. The third-order valence-corrected chi connectivity index (χ3v) is 2.84. The highest BCUT2D eigenvalue weighted by Crippen LogP contribution is 2.23. The molecule has 0 aliphatic carbocycles. The Hall–Kier alpha value is -2.54. The monoisotopic (exact) mass is 256 g/mol. The molecule has 2 aromatic carbocycles. The second-order valence-corrected chi connectivity index (χ2v) is 4.27. The fourth-order valence-corrected chi connectivity index (χ4v) is 1.83. The number of phenolic OH excluding ortho intramolecular Hbond substituents is 1. The van der Waals surface area contributed by atoms with Crippen LogP contribution in [0.1, 0.15) is 24.1 Å². The highest BCUT2D eigenvalue weighted by Gasteiger charge is 2.08. The van der Waals surface area contributed by atoms with E-state index in [1.165, 1.54) is 12.1 Å². The van der Waals surface area contributed by atoms with Crippen molar-refractivity contribution in [2.75, 3.05) is 5.32 Å². The Morgan fingerprint density at radius 1 is 1.26 bits per heavy atom. The predicted octanol–water partition coefficient (Wildman–Crippen LogP) is 3.58. The fraction of sp³-hybridized carbons (Fsp3) is 0.133. The molecular formula is C15H13FN2O. The van der Waals surface area contributed by atoms with Gasteiger partial charge in [-0.15, -0.1) is 0 Å². The Kier molecular flexibility index (Phi) is 3.67.